The molecule has 0 unspecified atom stereocenters. The van der Waals surface area contributed by atoms with Gasteiger partial charge in [0, 0.05) is 17.6 Å². The van der Waals surface area contributed by atoms with Gasteiger partial charge in [-0.15, -0.1) is 11.3 Å². The molecular weight excluding hydrogens is 220 g/mol. The molecule has 0 aliphatic rings. The van der Waals surface area contributed by atoms with Crippen molar-refractivity contribution < 1.29 is 0 Å². The van der Waals surface area contributed by atoms with Crippen LogP contribution in [0.2, 0.25) is 0 Å². The zero-order valence-electron chi connectivity index (χ0n) is 8.31. The van der Waals surface area contributed by atoms with Crippen LogP contribution in [0.25, 0.3) is 21.5 Å². The number of fused-ring (bicyclic) bond motifs is 1. The summed E-state index contributed by atoms with van der Waals surface area (Å²) < 4.78 is 0. The second-order valence-electron chi connectivity index (χ2n) is 3.42. The zero-order chi connectivity index (χ0) is 11.0. The monoisotopic (exact) mass is 228 g/mol. The summed E-state index contributed by atoms with van der Waals surface area (Å²) in [5.41, 5.74) is 1.66. The highest BCUT2D eigenvalue weighted by atomic mass is 32.1. The third-order valence-electron chi connectivity index (χ3n) is 2.40. The maximum absolute atomic E-state index is 11.2. The highest BCUT2D eigenvalue weighted by molar-refractivity contribution is 7.13. The lowest BCUT2D eigenvalue weighted by Gasteiger charge is -2.02. The van der Waals surface area contributed by atoms with Crippen LogP contribution >= 0.6 is 11.3 Å². The quantitative estimate of drug-likeness (QED) is 0.696. The molecule has 0 saturated heterocycles. The standard InChI is InChI=1S/C12H8N2OS/c15-11-4-3-8-9(14-11)5-6-13-12(8)10-2-1-7-16-10/h1-7H,(H,14,15). The van der Waals surface area contributed by atoms with Gasteiger partial charge in [-0.1, -0.05) is 6.07 Å². The predicted molar refractivity (Wildman–Crippen MR) is 65.7 cm³/mol. The average molecular weight is 228 g/mol. The van der Waals surface area contributed by atoms with Gasteiger partial charge in [-0.25, -0.2) is 0 Å². The lowest BCUT2D eigenvalue weighted by atomic mass is 10.2. The first-order valence-electron chi connectivity index (χ1n) is 4.86. The van der Waals surface area contributed by atoms with Crippen molar-refractivity contribution in [1.82, 2.24) is 9.97 Å². The first kappa shape index (κ1) is 9.30. The van der Waals surface area contributed by atoms with Gasteiger partial charge in [0.25, 0.3) is 0 Å². The Morgan fingerprint density at radius 1 is 1.19 bits per heavy atom. The summed E-state index contributed by atoms with van der Waals surface area (Å²) in [6, 6.07) is 9.18. The van der Waals surface area contributed by atoms with Crippen LogP contribution in [0, 0.1) is 0 Å². The Balaban J connectivity index is 2.38. The van der Waals surface area contributed by atoms with Gasteiger partial charge in [0.2, 0.25) is 5.56 Å². The Bertz CT molecular complexity index is 686. The highest BCUT2D eigenvalue weighted by Crippen LogP contribution is 2.28. The van der Waals surface area contributed by atoms with E-state index in [-0.39, 0.29) is 5.56 Å². The molecule has 0 radical (unpaired) electrons. The lowest BCUT2D eigenvalue weighted by Crippen LogP contribution is -2.02. The molecule has 0 amide bonds. The number of H-pyrrole nitrogens is 1. The fourth-order valence-corrected chi connectivity index (χ4v) is 2.43. The molecule has 0 spiro atoms. The van der Waals surface area contributed by atoms with Crippen LogP contribution in [0.3, 0.4) is 0 Å². The second kappa shape index (κ2) is 3.57. The highest BCUT2D eigenvalue weighted by Gasteiger charge is 2.05. The Kier molecular flexibility index (Phi) is 2.08. The minimum absolute atomic E-state index is 0.0872. The molecule has 0 saturated carbocycles. The summed E-state index contributed by atoms with van der Waals surface area (Å²) in [6.07, 6.45) is 1.72. The van der Waals surface area contributed by atoms with Crippen molar-refractivity contribution >= 4 is 22.2 Å². The van der Waals surface area contributed by atoms with Crippen molar-refractivity contribution in [3.8, 4) is 10.6 Å². The molecule has 3 rings (SSSR count). The van der Waals surface area contributed by atoms with Gasteiger partial charge < -0.3 is 4.98 Å². The number of hydrogen-bond donors (Lipinski definition) is 1. The maximum Gasteiger partial charge on any atom is 0.248 e. The minimum atomic E-state index is -0.0872. The van der Waals surface area contributed by atoms with Crippen molar-refractivity contribution in [2.75, 3.05) is 0 Å². The van der Waals surface area contributed by atoms with E-state index in [9.17, 15) is 4.79 Å². The molecule has 0 aliphatic heterocycles. The van der Waals surface area contributed by atoms with Crippen molar-refractivity contribution in [1.29, 1.82) is 0 Å². The summed E-state index contributed by atoms with van der Waals surface area (Å²) >= 11 is 1.64. The van der Waals surface area contributed by atoms with Crippen molar-refractivity contribution in [2.45, 2.75) is 0 Å². The summed E-state index contributed by atoms with van der Waals surface area (Å²) in [5.74, 6) is 0. The molecule has 78 valence electrons. The number of nitrogens with one attached hydrogen (secondary N) is 1. The van der Waals surface area contributed by atoms with Gasteiger partial charge in [0.15, 0.2) is 0 Å². The van der Waals surface area contributed by atoms with Crippen LogP contribution in [0.1, 0.15) is 0 Å². The Labute approximate surface area is 95.4 Å². The van der Waals surface area contributed by atoms with E-state index in [1.165, 1.54) is 6.07 Å². The molecule has 3 heterocycles. The van der Waals surface area contributed by atoms with E-state index < -0.39 is 0 Å². The van der Waals surface area contributed by atoms with Crippen LogP contribution < -0.4 is 5.56 Å². The second-order valence-corrected chi connectivity index (χ2v) is 4.37. The Morgan fingerprint density at radius 3 is 2.94 bits per heavy atom. The SMILES string of the molecule is O=c1ccc2c(-c3cccs3)nccc2[nH]1. The molecular formula is C12H8N2OS. The summed E-state index contributed by atoms with van der Waals surface area (Å²) in [5, 5.41) is 2.99. The van der Waals surface area contributed by atoms with Crippen LogP contribution in [0.4, 0.5) is 0 Å². The molecule has 4 heteroatoms. The number of aromatic amines is 1. The largest absolute Gasteiger partial charge is 0.322 e. The lowest BCUT2D eigenvalue weighted by molar-refractivity contribution is 1.28. The van der Waals surface area contributed by atoms with Gasteiger partial charge in [-0.2, -0.15) is 0 Å². The van der Waals surface area contributed by atoms with E-state index in [0.717, 1.165) is 21.5 Å². The molecule has 0 aliphatic carbocycles. The van der Waals surface area contributed by atoms with Crippen molar-refractivity contribution in [3.63, 3.8) is 0 Å². The van der Waals surface area contributed by atoms with Gasteiger partial charge >= 0.3 is 0 Å². The number of rotatable bonds is 1. The van der Waals surface area contributed by atoms with Crippen LogP contribution in [0.5, 0.6) is 0 Å². The van der Waals surface area contributed by atoms with E-state index in [2.05, 4.69) is 9.97 Å². The van der Waals surface area contributed by atoms with Crippen LogP contribution in [-0.2, 0) is 0 Å². The average Bonchev–Trinajstić information content (AvgIpc) is 2.81. The summed E-state index contributed by atoms with van der Waals surface area (Å²) in [4.78, 5) is 19.5. The Morgan fingerprint density at radius 2 is 2.12 bits per heavy atom. The van der Waals surface area contributed by atoms with Crippen LogP contribution in [0.15, 0.2) is 46.7 Å². The number of thiophene rings is 1. The number of aromatic nitrogens is 2. The Hall–Kier alpha value is -1.94. The van der Waals surface area contributed by atoms with Crippen molar-refractivity contribution in [2.24, 2.45) is 0 Å². The molecule has 0 atom stereocenters. The molecule has 16 heavy (non-hydrogen) atoms. The predicted octanol–water partition coefficient (Wildman–Crippen LogP) is 2.65. The van der Waals surface area contributed by atoms with E-state index >= 15 is 0 Å². The molecule has 3 aromatic rings. The van der Waals surface area contributed by atoms with Gasteiger partial charge in [0.05, 0.1) is 16.1 Å². The fourth-order valence-electron chi connectivity index (χ4n) is 1.69. The van der Waals surface area contributed by atoms with E-state index in [1.54, 1.807) is 17.5 Å². The van der Waals surface area contributed by atoms with Gasteiger partial charge in [-0.3, -0.25) is 9.78 Å². The molecule has 3 nitrogen and oxygen atoms in total. The molecule has 0 bridgehead atoms. The van der Waals surface area contributed by atoms with E-state index in [4.69, 9.17) is 0 Å². The number of pyridine rings is 2. The third-order valence-corrected chi connectivity index (χ3v) is 3.28. The molecule has 0 fully saturated rings. The maximum atomic E-state index is 11.2. The van der Waals surface area contributed by atoms with Crippen LogP contribution in [-0.4, -0.2) is 9.97 Å². The summed E-state index contributed by atoms with van der Waals surface area (Å²) in [7, 11) is 0. The number of nitrogens with zero attached hydrogens (tertiary/aromatic N) is 1. The smallest absolute Gasteiger partial charge is 0.248 e. The van der Waals surface area contributed by atoms with Gasteiger partial charge in [-0.05, 0) is 23.6 Å². The molecule has 1 N–H and O–H groups in total. The normalized spacial score (nSPS) is 10.8. The number of hydrogen-bond acceptors (Lipinski definition) is 3. The van der Waals surface area contributed by atoms with Crippen molar-refractivity contribution in [3.05, 3.63) is 52.3 Å². The zero-order valence-corrected chi connectivity index (χ0v) is 9.12. The first-order chi connectivity index (χ1) is 7.84. The van der Waals surface area contributed by atoms with E-state index in [0.29, 0.717) is 0 Å². The minimum Gasteiger partial charge on any atom is -0.322 e. The topological polar surface area (TPSA) is 45.8 Å². The van der Waals surface area contributed by atoms with E-state index in [1.807, 2.05) is 29.6 Å². The van der Waals surface area contributed by atoms with Gasteiger partial charge in [0.1, 0.15) is 0 Å². The first-order valence-corrected chi connectivity index (χ1v) is 5.74. The third kappa shape index (κ3) is 1.44. The fraction of sp³-hybridized carbons (Fsp3) is 0. The summed E-state index contributed by atoms with van der Waals surface area (Å²) in [6.45, 7) is 0. The molecule has 0 aromatic carbocycles. The molecule has 3 aromatic heterocycles.